The second-order valence-electron chi connectivity index (χ2n) is 5.64. The summed E-state index contributed by atoms with van der Waals surface area (Å²) < 4.78 is 33.5. The van der Waals surface area contributed by atoms with Crippen molar-refractivity contribution in [2.75, 3.05) is 13.7 Å². The fraction of sp³-hybridized carbons (Fsp3) is 0.412. The molecule has 2 atom stereocenters. The van der Waals surface area contributed by atoms with Crippen LogP contribution >= 0.6 is 22.9 Å². The quantitative estimate of drug-likeness (QED) is 0.670. The van der Waals surface area contributed by atoms with Gasteiger partial charge in [-0.25, -0.2) is 13.1 Å². The van der Waals surface area contributed by atoms with E-state index in [9.17, 15) is 13.5 Å². The highest BCUT2D eigenvalue weighted by Crippen LogP contribution is 2.30. The van der Waals surface area contributed by atoms with E-state index < -0.39 is 16.1 Å². The van der Waals surface area contributed by atoms with Gasteiger partial charge in [-0.1, -0.05) is 37.1 Å². The van der Waals surface area contributed by atoms with E-state index in [2.05, 4.69) is 4.72 Å². The van der Waals surface area contributed by atoms with Crippen LogP contribution in [0, 0.1) is 0 Å². The van der Waals surface area contributed by atoms with E-state index in [1.807, 2.05) is 31.2 Å². The Bertz CT molecular complexity index is 774. The van der Waals surface area contributed by atoms with Gasteiger partial charge in [-0.3, -0.25) is 0 Å². The maximum Gasteiger partial charge on any atom is 0.250 e. The van der Waals surface area contributed by atoms with Gasteiger partial charge in [0.15, 0.2) is 0 Å². The summed E-state index contributed by atoms with van der Waals surface area (Å²) in [5, 5.41) is 9.83. The fourth-order valence-corrected chi connectivity index (χ4v) is 5.48. The molecule has 0 unspecified atom stereocenters. The molecule has 0 aliphatic rings. The van der Waals surface area contributed by atoms with Crippen LogP contribution in [0.15, 0.2) is 40.6 Å². The van der Waals surface area contributed by atoms with Crippen LogP contribution in [-0.4, -0.2) is 33.3 Å². The van der Waals surface area contributed by atoms with Gasteiger partial charge in [0, 0.05) is 5.92 Å². The summed E-state index contributed by atoms with van der Waals surface area (Å²) in [4.78, 5) is 0. The number of sulfonamides is 1. The van der Waals surface area contributed by atoms with Crippen molar-refractivity contribution in [3.05, 3.63) is 46.3 Å². The molecule has 25 heavy (non-hydrogen) atoms. The molecule has 0 fully saturated rings. The number of ether oxygens (including phenoxy) is 1. The Morgan fingerprint density at radius 1 is 1.24 bits per heavy atom. The lowest BCUT2D eigenvalue weighted by Crippen LogP contribution is -2.41. The van der Waals surface area contributed by atoms with Crippen LogP contribution in [0.5, 0.6) is 5.75 Å². The van der Waals surface area contributed by atoms with Crippen molar-refractivity contribution in [1.82, 2.24) is 4.72 Å². The summed E-state index contributed by atoms with van der Waals surface area (Å²) in [5.74, 6) is 0.583. The Kier molecular flexibility index (Phi) is 7.27. The number of aliphatic hydroxyl groups excluding tert-OH is 1. The molecule has 5 nitrogen and oxygen atoms in total. The average molecular weight is 404 g/mol. The maximum atomic E-state index is 12.6. The summed E-state index contributed by atoms with van der Waals surface area (Å²) in [6.45, 7) is 1.73. The highest BCUT2D eigenvalue weighted by molar-refractivity contribution is 7.91. The summed E-state index contributed by atoms with van der Waals surface area (Å²) in [6.07, 6.45) is 1.60. The zero-order chi connectivity index (χ0) is 18.4. The van der Waals surface area contributed by atoms with Gasteiger partial charge in [0.25, 0.3) is 0 Å². The van der Waals surface area contributed by atoms with E-state index in [0.717, 1.165) is 35.5 Å². The summed E-state index contributed by atoms with van der Waals surface area (Å²) >= 11 is 6.83. The minimum atomic E-state index is -3.74. The van der Waals surface area contributed by atoms with Crippen molar-refractivity contribution in [2.24, 2.45) is 0 Å². The molecule has 1 heterocycles. The first-order valence-electron chi connectivity index (χ1n) is 7.93. The molecule has 1 aromatic heterocycles. The molecule has 2 aromatic rings. The number of benzene rings is 1. The van der Waals surface area contributed by atoms with Crippen molar-refractivity contribution in [1.29, 1.82) is 0 Å². The Balaban J connectivity index is 2.27. The standard InChI is InChI=1S/C17H22ClNO4S2/c1-3-4-14(12-5-7-13(23-2)8-6-12)15(11-20)19-25(21,22)17-10-9-16(18)24-17/h5-10,14-15,19-20H,3-4,11H2,1-2H3/t14-,15+/m0/s1. The van der Waals surface area contributed by atoms with E-state index >= 15 is 0 Å². The van der Waals surface area contributed by atoms with Crippen LogP contribution < -0.4 is 9.46 Å². The first kappa shape index (κ1) is 20.2. The number of hydrogen-bond donors (Lipinski definition) is 2. The first-order valence-corrected chi connectivity index (χ1v) is 10.6. The van der Waals surface area contributed by atoms with Crippen LogP contribution in [-0.2, 0) is 10.0 Å². The van der Waals surface area contributed by atoms with Crippen LogP contribution in [0.2, 0.25) is 4.34 Å². The van der Waals surface area contributed by atoms with Crippen LogP contribution in [0.25, 0.3) is 0 Å². The lowest BCUT2D eigenvalue weighted by atomic mass is 9.88. The molecule has 0 saturated heterocycles. The molecular formula is C17H22ClNO4S2. The SMILES string of the molecule is CCC[C@@H](c1ccc(OC)cc1)[C@@H](CO)NS(=O)(=O)c1ccc(Cl)s1. The minimum Gasteiger partial charge on any atom is -0.497 e. The monoisotopic (exact) mass is 403 g/mol. The molecular weight excluding hydrogens is 382 g/mol. The van der Waals surface area contributed by atoms with Crippen LogP contribution in [0.1, 0.15) is 31.2 Å². The molecule has 0 aliphatic carbocycles. The zero-order valence-corrected chi connectivity index (χ0v) is 16.5. The van der Waals surface area contributed by atoms with Gasteiger partial charge in [0.2, 0.25) is 10.0 Å². The van der Waals surface area contributed by atoms with Crippen molar-refractivity contribution >= 4 is 33.0 Å². The summed E-state index contributed by atoms with van der Waals surface area (Å²) in [6, 6.07) is 9.85. The highest BCUT2D eigenvalue weighted by atomic mass is 35.5. The second-order valence-corrected chi connectivity index (χ2v) is 9.29. The van der Waals surface area contributed by atoms with Crippen LogP contribution in [0.4, 0.5) is 0 Å². The van der Waals surface area contributed by atoms with Crippen molar-refractivity contribution in [3.63, 3.8) is 0 Å². The smallest absolute Gasteiger partial charge is 0.250 e. The molecule has 0 saturated carbocycles. The third kappa shape index (κ3) is 5.18. The van der Waals surface area contributed by atoms with Gasteiger partial charge in [-0.05, 0) is 36.2 Å². The predicted octanol–water partition coefficient (Wildman–Crippen LogP) is 3.63. The number of rotatable bonds is 9. The molecule has 0 aliphatic heterocycles. The Morgan fingerprint density at radius 3 is 2.40 bits per heavy atom. The molecule has 8 heteroatoms. The van der Waals surface area contributed by atoms with Gasteiger partial charge < -0.3 is 9.84 Å². The van der Waals surface area contributed by atoms with Crippen molar-refractivity contribution in [2.45, 2.75) is 35.9 Å². The molecule has 138 valence electrons. The first-order chi connectivity index (χ1) is 11.9. The minimum absolute atomic E-state index is 0.140. The summed E-state index contributed by atoms with van der Waals surface area (Å²) in [5.41, 5.74) is 0.952. The largest absolute Gasteiger partial charge is 0.497 e. The number of aliphatic hydroxyl groups is 1. The molecule has 0 spiro atoms. The van der Waals surface area contributed by atoms with Crippen molar-refractivity contribution in [3.8, 4) is 5.75 Å². The molecule has 0 bridgehead atoms. The summed E-state index contributed by atoms with van der Waals surface area (Å²) in [7, 11) is -2.14. The Hall–Kier alpha value is -1.12. The lowest BCUT2D eigenvalue weighted by molar-refractivity contribution is 0.234. The van der Waals surface area contributed by atoms with Crippen molar-refractivity contribution < 1.29 is 18.3 Å². The van der Waals surface area contributed by atoms with Gasteiger partial charge in [-0.2, -0.15) is 0 Å². The number of halogens is 1. The van der Waals surface area contributed by atoms with E-state index in [0.29, 0.717) is 4.34 Å². The number of nitrogens with one attached hydrogen (secondary N) is 1. The van der Waals surface area contributed by atoms with Gasteiger partial charge in [0.05, 0.1) is 24.1 Å². The third-order valence-electron chi connectivity index (χ3n) is 3.95. The van der Waals surface area contributed by atoms with E-state index in [4.69, 9.17) is 16.3 Å². The molecule has 0 amide bonds. The zero-order valence-electron chi connectivity index (χ0n) is 14.1. The third-order valence-corrected chi connectivity index (χ3v) is 7.16. The normalized spacial score (nSPS) is 14.2. The van der Waals surface area contributed by atoms with E-state index in [1.165, 1.54) is 6.07 Å². The molecule has 2 N–H and O–H groups in total. The van der Waals surface area contributed by atoms with Crippen LogP contribution in [0.3, 0.4) is 0 Å². The Labute approximate surface area is 157 Å². The average Bonchev–Trinajstić information content (AvgIpc) is 3.05. The number of thiophene rings is 1. The second kappa shape index (κ2) is 9.00. The van der Waals surface area contributed by atoms with Gasteiger partial charge in [-0.15, -0.1) is 11.3 Å². The Morgan fingerprint density at radius 2 is 1.92 bits per heavy atom. The topological polar surface area (TPSA) is 75.6 Å². The van der Waals surface area contributed by atoms with Gasteiger partial charge >= 0.3 is 0 Å². The molecule has 1 aromatic carbocycles. The number of hydrogen-bond acceptors (Lipinski definition) is 5. The predicted molar refractivity (Wildman–Crippen MR) is 101 cm³/mol. The van der Waals surface area contributed by atoms with E-state index in [1.54, 1.807) is 13.2 Å². The lowest BCUT2D eigenvalue weighted by Gasteiger charge is -2.26. The molecule has 0 radical (unpaired) electrons. The molecule has 2 rings (SSSR count). The highest BCUT2D eigenvalue weighted by Gasteiger charge is 2.28. The number of methoxy groups -OCH3 is 1. The fourth-order valence-electron chi connectivity index (χ4n) is 2.71. The van der Waals surface area contributed by atoms with Gasteiger partial charge in [0.1, 0.15) is 9.96 Å². The maximum absolute atomic E-state index is 12.6. The van der Waals surface area contributed by atoms with E-state index in [-0.39, 0.29) is 16.7 Å².